The second-order valence-electron chi connectivity index (χ2n) is 7.09. The van der Waals surface area contributed by atoms with Gasteiger partial charge in [-0.1, -0.05) is 30.3 Å². The number of morpholine rings is 1. The molecule has 2 aromatic carbocycles. The molecule has 1 unspecified atom stereocenters. The molecule has 0 aromatic heterocycles. The molecule has 0 saturated carbocycles. The number of cyclic esters (lactones) is 1. The van der Waals surface area contributed by atoms with Gasteiger partial charge in [0.15, 0.2) is 0 Å². The lowest BCUT2D eigenvalue weighted by Gasteiger charge is -2.26. The molecule has 4 rings (SSSR count). The summed E-state index contributed by atoms with van der Waals surface area (Å²) >= 11 is 0. The lowest BCUT2D eigenvalue weighted by molar-refractivity contribution is 0.0252. The predicted molar refractivity (Wildman–Crippen MR) is 104 cm³/mol. The molecule has 1 N–H and O–H groups in total. The molecule has 28 heavy (non-hydrogen) atoms. The molecule has 1 fully saturated rings. The normalized spacial score (nSPS) is 19.6. The second kappa shape index (κ2) is 8.54. The van der Waals surface area contributed by atoms with Crippen molar-refractivity contribution in [3.05, 3.63) is 70.8 Å². The molecule has 0 spiro atoms. The van der Waals surface area contributed by atoms with E-state index in [1.165, 1.54) is 0 Å². The summed E-state index contributed by atoms with van der Waals surface area (Å²) in [4.78, 5) is 27.2. The summed E-state index contributed by atoms with van der Waals surface area (Å²) in [7, 11) is 0. The Balaban J connectivity index is 1.41. The summed E-state index contributed by atoms with van der Waals surface area (Å²) in [6.07, 6.45) is 0.251. The molecule has 6 nitrogen and oxygen atoms in total. The number of esters is 1. The van der Waals surface area contributed by atoms with Gasteiger partial charge in [-0.3, -0.25) is 9.69 Å². The van der Waals surface area contributed by atoms with E-state index in [1.54, 1.807) is 12.1 Å². The van der Waals surface area contributed by atoms with Crippen LogP contribution in [0, 0.1) is 0 Å². The lowest BCUT2D eigenvalue weighted by Crippen LogP contribution is -2.41. The lowest BCUT2D eigenvalue weighted by atomic mass is 9.93. The maximum absolute atomic E-state index is 12.5. The number of rotatable bonds is 5. The van der Waals surface area contributed by atoms with Crippen LogP contribution in [0.5, 0.6) is 0 Å². The first kappa shape index (κ1) is 18.7. The zero-order chi connectivity index (χ0) is 19.3. The maximum atomic E-state index is 12.5. The Kier molecular flexibility index (Phi) is 5.69. The van der Waals surface area contributed by atoms with Gasteiger partial charge in [0, 0.05) is 38.2 Å². The number of benzene rings is 2. The summed E-state index contributed by atoms with van der Waals surface area (Å²) in [5.41, 5.74) is 2.92. The van der Waals surface area contributed by atoms with Crippen LogP contribution in [0.25, 0.3) is 0 Å². The average Bonchev–Trinajstić information content (AvgIpc) is 2.74. The van der Waals surface area contributed by atoms with Crippen LogP contribution in [0.4, 0.5) is 0 Å². The van der Waals surface area contributed by atoms with Crippen molar-refractivity contribution < 1.29 is 19.1 Å². The third-order valence-electron chi connectivity index (χ3n) is 5.23. The van der Waals surface area contributed by atoms with Crippen molar-refractivity contribution in [1.29, 1.82) is 0 Å². The average molecular weight is 380 g/mol. The number of hydrogen-bond donors (Lipinski definition) is 1. The van der Waals surface area contributed by atoms with E-state index in [-0.39, 0.29) is 18.0 Å². The van der Waals surface area contributed by atoms with E-state index in [1.807, 2.05) is 36.4 Å². The summed E-state index contributed by atoms with van der Waals surface area (Å²) in [5, 5.41) is 2.97. The molecule has 0 aliphatic carbocycles. The molecule has 6 heteroatoms. The van der Waals surface area contributed by atoms with Crippen molar-refractivity contribution in [2.45, 2.75) is 12.5 Å². The Morgan fingerprint density at radius 3 is 2.68 bits per heavy atom. The fraction of sp³-hybridized carbons (Fsp3) is 0.364. The monoisotopic (exact) mass is 380 g/mol. The van der Waals surface area contributed by atoms with Gasteiger partial charge in [-0.05, 0) is 29.3 Å². The molecule has 2 aliphatic heterocycles. The largest absolute Gasteiger partial charge is 0.454 e. The maximum Gasteiger partial charge on any atom is 0.339 e. The van der Waals surface area contributed by atoms with Crippen molar-refractivity contribution in [3.63, 3.8) is 0 Å². The van der Waals surface area contributed by atoms with E-state index >= 15 is 0 Å². The molecule has 146 valence electrons. The first-order chi connectivity index (χ1) is 13.7. The first-order valence-corrected chi connectivity index (χ1v) is 9.68. The van der Waals surface area contributed by atoms with E-state index < -0.39 is 0 Å². The van der Waals surface area contributed by atoms with Gasteiger partial charge in [-0.2, -0.15) is 0 Å². The molecule has 1 amide bonds. The molecular formula is C22H24N2O4. The highest BCUT2D eigenvalue weighted by atomic mass is 16.5. The molecule has 2 aromatic rings. The summed E-state index contributed by atoms with van der Waals surface area (Å²) < 4.78 is 10.9. The Morgan fingerprint density at radius 1 is 1.11 bits per heavy atom. The van der Waals surface area contributed by atoms with Crippen LogP contribution in [0.3, 0.4) is 0 Å². The zero-order valence-electron chi connectivity index (χ0n) is 15.7. The number of fused-ring (bicyclic) bond motifs is 1. The number of ether oxygens (including phenoxy) is 2. The van der Waals surface area contributed by atoms with Crippen molar-refractivity contribution in [1.82, 2.24) is 10.2 Å². The minimum atomic E-state index is -0.339. The fourth-order valence-corrected chi connectivity index (χ4v) is 3.65. The molecule has 2 aliphatic rings. The number of hydrogen-bond acceptors (Lipinski definition) is 5. The molecule has 0 bridgehead atoms. The van der Waals surface area contributed by atoms with Crippen molar-refractivity contribution in [2.75, 3.05) is 39.4 Å². The van der Waals surface area contributed by atoms with Gasteiger partial charge in [0.1, 0.15) is 6.10 Å². The van der Waals surface area contributed by atoms with E-state index in [0.717, 1.165) is 44.0 Å². The number of nitrogens with one attached hydrogen (secondary N) is 1. The highest BCUT2D eigenvalue weighted by Gasteiger charge is 2.28. The number of carbonyl (C=O) groups is 2. The molecule has 0 radical (unpaired) electrons. The quantitative estimate of drug-likeness (QED) is 0.806. The Hall–Kier alpha value is -2.70. The van der Waals surface area contributed by atoms with Crippen LogP contribution in [0.15, 0.2) is 48.5 Å². The number of carbonyl (C=O) groups excluding carboxylic acids is 2. The SMILES string of the molecule is O=C(NCCN1CCOCC1)c1ccc2c(c1)CC(c1ccccc1)OC2=O. The van der Waals surface area contributed by atoms with Crippen LogP contribution >= 0.6 is 0 Å². The molecule has 2 heterocycles. The Morgan fingerprint density at radius 2 is 1.89 bits per heavy atom. The summed E-state index contributed by atoms with van der Waals surface area (Å²) in [6.45, 7) is 4.69. The van der Waals surface area contributed by atoms with E-state index in [2.05, 4.69) is 10.2 Å². The minimum Gasteiger partial charge on any atom is -0.454 e. The predicted octanol–water partition coefficient (Wildman–Crippen LogP) is 2.20. The van der Waals surface area contributed by atoms with Crippen molar-refractivity contribution in [3.8, 4) is 0 Å². The number of amides is 1. The Bertz CT molecular complexity index is 847. The molecule has 1 saturated heterocycles. The van der Waals surface area contributed by atoms with Crippen molar-refractivity contribution >= 4 is 11.9 Å². The summed E-state index contributed by atoms with van der Waals surface area (Å²) in [6, 6.07) is 14.9. The van der Waals surface area contributed by atoms with Crippen LogP contribution in [0.2, 0.25) is 0 Å². The molecule has 1 atom stereocenters. The van der Waals surface area contributed by atoms with Crippen LogP contribution in [0.1, 0.15) is 37.9 Å². The standard InChI is InChI=1S/C22H24N2O4/c25-21(23-8-9-24-10-12-27-13-11-24)17-6-7-19-18(14-17)15-20(28-22(19)26)16-4-2-1-3-5-16/h1-7,14,20H,8-13,15H2,(H,23,25). The van der Waals surface area contributed by atoms with E-state index in [9.17, 15) is 9.59 Å². The van der Waals surface area contributed by atoms with E-state index in [4.69, 9.17) is 9.47 Å². The first-order valence-electron chi connectivity index (χ1n) is 9.68. The van der Waals surface area contributed by atoms with Crippen LogP contribution in [-0.4, -0.2) is 56.2 Å². The van der Waals surface area contributed by atoms with Gasteiger partial charge < -0.3 is 14.8 Å². The molecular weight excluding hydrogens is 356 g/mol. The highest BCUT2D eigenvalue weighted by Crippen LogP contribution is 2.31. The minimum absolute atomic E-state index is 0.119. The zero-order valence-corrected chi connectivity index (χ0v) is 15.7. The fourth-order valence-electron chi connectivity index (χ4n) is 3.65. The van der Waals surface area contributed by atoms with Gasteiger partial charge in [-0.15, -0.1) is 0 Å². The third-order valence-corrected chi connectivity index (χ3v) is 5.23. The smallest absolute Gasteiger partial charge is 0.339 e. The topological polar surface area (TPSA) is 67.9 Å². The third kappa shape index (κ3) is 4.24. The second-order valence-corrected chi connectivity index (χ2v) is 7.09. The van der Waals surface area contributed by atoms with Gasteiger partial charge >= 0.3 is 5.97 Å². The van der Waals surface area contributed by atoms with Gasteiger partial charge in [0.05, 0.1) is 18.8 Å². The van der Waals surface area contributed by atoms with Crippen LogP contribution < -0.4 is 5.32 Å². The number of nitrogens with zero attached hydrogens (tertiary/aromatic N) is 1. The van der Waals surface area contributed by atoms with Gasteiger partial charge in [0.25, 0.3) is 5.91 Å². The highest BCUT2D eigenvalue weighted by molar-refractivity contribution is 5.97. The Labute approximate surface area is 164 Å². The van der Waals surface area contributed by atoms with Gasteiger partial charge in [-0.25, -0.2) is 4.79 Å². The van der Waals surface area contributed by atoms with Gasteiger partial charge in [0.2, 0.25) is 0 Å². The van der Waals surface area contributed by atoms with E-state index in [0.29, 0.717) is 24.1 Å². The van der Waals surface area contributed by atoms with Crippen molar-refractivity contribution in [2.24, 2.45) is 0 Å². The van der Waals surface area contributed by atoms with Crippen LogP contribution in [-0.2, 0) is 15.9 Å². The summed E-state index contributed by atoms with van der Waals surface area (Å²) in [5.74, 6) is -0.458.